The van der Waals surface area contributed by atoms with Gasteiger partial charge in [-0.05, 0) is 190 Å². The zero-order valence-corrected chi connectivity index (χ0v) is 95.8. The highest BCUT2D eigenvalue weighted by Crippen LogP contribution is 2.46. The Hall–Kier alpha value is -6.04. The number of halogens is 3. The molecule has 6 fully saturated rings. The van der Waals surface area contributed by atoms with Crippen molar-refractivity contribution in [2.24, 2.45) is 70.9 Å². The van der Waals surface area contributed by atoms with Crippen LogP contribution in [0.3, 0.4) is 0 Å². The van der Waals surface area contributed by atoms with Crippen molar-refractivity contribution in [2.75, 3.05) is 60.9 Å². The highest BCUT2D eigenvalue weighted by molar-refractivity contribution is 5.86. The molecule has 0 heterocycles. The lowest BCUT2D eigenvalue weighted by atomic mass is 9.69. The highest BCUT2D eigenvalue weighted by atomic mass is 19.4. The van der Waals surface area contributed by atoms with Crippen LogP contribution in [0.2, 0.25) is 0 Å². The van der Waals surface area contributed by atoms with Crippen LogP contribution in [0, 0.1) is 70.9 Å². The minimum absolute atomic E-state index is 0.00167. The van der Waals surface area contributed by atoms with Crippen molar-refractivity contribution in [3.05, 3.63) is 0 Å². The fraction of sp³-hybridized carbons (Fsp3) is 0.898. The normalized spacial score (nSPS) is 17.2. The molecule has 0 bridgehead atoms. The zero-order chi connectivity index (χ0) is 107. The van der Waals surface area contributed by atoms with Crippen molar-refractivity contribution in [2.45, 2.75) is 500 Å². The van der Waals surface area contributed by atoms with Crippen LogP contribution in [-0.2, 0) is 52.7 Å². The summed E-state index contributed by atoms with van der Waals surface area (Å²) in [6.45, 7) is 96.5. The van der Waals surface area contributed by atoms with Crippen molar-refractivity contribution < 1.29 is 65.9 Å². The molecule has 0 aromatic carbocycles. The van der Waals surface area contributed by atoms with Crippen molar-refractivity contribution >= 4 is 65.0 Å². The molecule has 25 heteroatoms. The number of rotatable bonds is 15. The van der Waals surface area contributed by atoms with Gasteiger partial charge in [0.05, 0.1) is 0 Å². The quantitative estimate of drug-likeness (QED) is 0.0897. The van der Waals surface area contributed by atoms with E-state index in [1.807, 2.05) is 287 Å². The average molecular weight is 1900 g/mol. The lowest BCUT2D eigenvalue weighted by molar-refractivity contribution is -0.220. The number of nitrogens with one attached hydrogen (secondary N) is 6. The Labute approximate surface area is 814 Å². The molecule has 6 aliphatic rings. The summed E-state index contributed by atoms with van der Waals surface area (Å²) >= 11 is 0. The smallest absolute Gasteiger partial charge is 0.355 e. The Bertz CT molecular complexity index is 3450. The predicted molar refractivity (Wildman–Crippen MR) is 550 cm³/mol. The van der Waals surface area contributed by atoms with Gasteiger partial charge in [0, 0.05) is 155 Å². The number of hydrogen-bond donors (Lipinski definition) is 6. The molecule has 6 N–H and O–H groups in total. The van der Waals surface area contributed by atoms with Crippen LogP contribution in [0.25, 0.3) is 0 Å². The Morgan fingerprint density at radius 2 is 0.609 bits per heavy atom. The molecule has 6 aliphatic carbocycles. The number of alkyl halides is 3. The van der Waals surface area contributed by atoms with E-state index in [4.69, 9.17) is 0 Å². The summed E-state index contributed by atoms with van der Waals surface area (Å²) in [6, 6.07) is 0.600. The average Bonchev–Trinajstić information content (AvgIpc) is 0.900. The van der Waals surface area contributed by atoms with Gasteiger partial charge in [-0.2, -0.15) is 13.2 Å². The number of nitrogens with zero attached hydrogens (tertiary/aromatic N) is 5. The first kappa shape index (κ1) is 135. The standard InChI is InChI=1S/C12H23NO.3C11H21NO.C10H16F3NO.C10H19NO.C10H21NO.2C9H19NO.C8H17NO.C7H15NO/c1-9(2)12(7-6-8-12)13-10(14)11(3,4)5;1-10(2,3)9(13)12-8-11(4)6-5-7-11;1-10(2,3)9(13)12-11(4)7-5-6-8-11;1-5-11(7-6-8-11)12-9(13)10(2,3)4;1-8(2,3)7(15)14-9(5-4-6-9)10(11,12)13;1-9(2,3)8(12)11-10(4)6-5-7-10;1-7-11(8(2)3)9(12)10(4,5)6;1-7(2)10(6)8(11)9(3,4)5;1-6-10(7-2)8(11)9(3,4)5;1-6-9(5)7(10)8(2,3)4;1-7(2,3)6(9)8(4)5/h9H,6-8H2,1-5H3,(H,13,14);3*5-8H2,1-4H3,(H,12,13);4-6H2,1-3H3,(H,14,15);5-7H2,1-4H3,(H,11,12);8H,7H2,1-6H3;7H,1-6H3;6-7H2,1-5H3;6H2,1-5H3;1-5H3. The molecular formula is C108H212F3N11O11. The first-order chi connectivity index (χ1) is 59.0. The Morgan fingerprint density at radius 1 is 0.308 bits per heavy atom. The number of hydrogen-bond acceptors (Lipinski definition) is 11. The number of carbonyl (C=O) groups excluding carboxylic acids is 11. The maximum absolute atomic E-state index is 12.7. The van der Waals surface area contributed by atoms with Crippen LogP contribution < -0.4 is 31.9 Å². The zero-order valence-electron chi connectivity index (χ0n) is 95.8. The van der Waals surface area contributed by atoms with Crippen molar-refractivity contribution in [1.82, 2.24) is 56.4 Å². The summed E-state index contributed by atoms with van der Waals surface area (Å²) < 4.78 is 38.1. The molecule has 0 aromatic rings. The van der Waals surface area contributed by atoms with Crippen molar-refractivity contribution in [3.63, 3.8) is 0 Å². The van der Waals surface area contributed by atoms with Crippen LogP contribution in [0.5, 0.6) is 0 Å². The summed E-state index contributed by atoms with van der Waals surface area (Å²) in [5.41, 5.74) is -4.41. The molecule has 786 valence electrons. The van der Waals surface area contributed by atoms with Crippen LogP contribution in [0.15, 0.2) is 0 Å². The van der Waals surface area contributed by atoms with E-state index in [1.165, 1.54) is 51.4 Å². The van der Waals surface area contributed by atoms with Crippen LogP contribution in [0.4, 0.5) is 13.2 Å². The summed E-state index contributed by atoms with van der Waals surface area (Å²) in [5, 5.41) is 17.8. The number of amides is 11. The molecule has 6 rings (SSSR count). The predicted octanol–water partition coefficient (Wildman–Crippen LogP) is 23.5. The van der Waals surface area contributed by atoms with Gasteiger partial charge in [0.2, 0.25) is 65.0 Å². The summed E-state index contributed by atoms with van der Waals surface area (Å²) in [6.07, 6.45) is 16.5. The van der Waals surface area contributed by atoms with Gasteiger partial charge >= 0.3 is 6.18 Å². The first-order valence-corrected chi connectivity index (χ1v) is 50.3. The summed E-state index contributed by atoms with van der Waals surface area (Å²) in [7, 11) is 7.22. The Kier molecular flexibility index (Phi) is 55.5. The van der Waals surface area contributed by atoms with Gasteiger partial charge in [-0.1, -0.05) is 275 Å². The number of carbonyl (C=O) groups is 11. The minimum Gasteiger partial charge on any atom is -0.355 e. The molecule has 0 atom stereocenters. The SMILES string of the molecule is CC(C)(C)C(=O)NC1(C(F)(F)F)CCC1.CC(C)C1(NC(=O)C(C)(C)C)CCC1.CC(C)N(C)C(=O)C(C)(C)C.CC1(CNC(=O)C(C)(C)C)CCC1.CC1(NC(=O)C(C)(C)C)CCC1.CC1(NC(=O)C(C)(C)C)CCCC1.CCC1(NC(=O)C(C)(C)C)CCC1.CCN(C(=O)C(C)(C)C)C(C)C.CCN(C)C(=O)C(C)(C)C.CCN(CC)C(=O)C(C)(C)C.CN(C)C(=O)C(C)(C)C. The third-order valence-electron chi connectivity index (χ3n) is 25.3. The van der Waals surface area contributed by atoms with Gasteiger partial charge < -0.3 is 56.4 Å². The van der Waals surface area contributed by atoms with Crippen LogP contribution in [0.1, 0.15) is 454 Å². The third kappa shape index (κ3) is 51.4. The molecule has 0 aromatic heterocycles. The van der Waals surface area contributed by atoms with Crippen molar-refractivity contribution in [3.8, 4) is 0 Å². The van der Waals surface area contributed by atoms with E-state index in [2.05, 4.69) is 73.4 Å². The van der Waals surface area contributed by atoms with Crippen LogP contribution >= 0.6 is 0 Å². The van der Waals surface area contributed by atoms with E-state index < -0.39 is 23.0 Å². The maximum Gasteiger partial charge on any atom is 0.411 e. The monoisotopic (exact) mass is 1900 g/mol. The van der Waals surface area contributed by atoms with Gasteiger partial charge in [-0.25, -0.2) is 0 Å². The van der Waals surface area contributed by atoms with E-state index in [0.717, 1.165) is 90.5 Å². The molecule has 0 unspecified atom stereocenters. The Morgan fingerprint density at radius 3 is 0.774 bits per heavy atom. The topological polar surface area (TPSA) is 276 Å². The highest BCUT2D eigenvalue weighted by Gasteiger charge is 2.60. The molecule has 0 radical (unpaired) electrons. The molecule has 11 amide bonds. The summed E-state index contributed by atoms with van der Waals surface area (Å²) in [4.78, 5) is 136. The van der Waals surface area contributed by atoms with Crippen molar-refractivity contribution in [1.29, 1.82) is 0 Å². The minimum atomic E-state index is -4.34. The largest absolute Gasteiger partial charge is 0.411 e. The molecule has 22 nitrogen and oxygen atoms in total. The van der Waals surface area contributed by atoms with Gasteiger partial charge in [0.1, 0.15) is 5.54 Å². The van der Waals surface area contributed by atoms with Gasteiger partial charge in [0.25, 0.3) is 0 Å². The second-order valence-electron chi connectivity index (χ2n) is 51.8. The molecule has 6 saturated carbocycles. The van der Waals surface area contributed by atoms with E-state index in [9.17, 15) is 65.9 Å². The molecular weight excluding hydrogens is 1680 g/mol. The van der Waals surface area contributed by atoms with E-state index in [-0.39, 0.29) is 148 Å². The molecule has 133 heavy (non-hydrogen) atoms. The molecule has 0 saturated heterocycles. The first-order valence-electron chi connectivity index (χ1n) is 50.3. The van der Waals surface area contributed by atoms with E-state index in [0.29, 0.717) is 29.8 Å². The second kappa shape index (κ2) is 54.5. The lowest BCUT2D eigenvalue weighted by Crippen LogP contribution is -2.64. The van der Waals surface area contributed by atoms with Gasteiger partial charge in [0.15, 0.2) is 0 Å². The Balaban J connectivity index is -0.000000453. The maximum atomic E-state index is 12.7. The van der Waals surface area contributed by atoms with E-state index >= 15 is 0 Å². The lowest BCUT2D eigenvalue weighted by Gasteiger charge is -2.47. The van der Waals surface area contributed by atoms with Gasteiger partial charge in [-0.3, -0.25) is 52.7 Å². The third-order valence-corrected chi connectivity index (χ3v) is 25.3. The summed E-state index contributed by atoms with van der Waals surface area (Å²) in [5.74, 6) is 1.94. The second-order valence-corrected chi connectivity index (χ2v) is 51.8. The molecule has 0 spiro atoms. The van der Waals surface area contributed by atoms with E-state index in [1.54, 1.807) is 49.6 Å². The molecule has 0 aliphatic heterocycles. The fourth-order valence-corrected chi connectivity index (χ4v) is 13.7. The van der Waals surface area contributed by atoms with Gasteiger partial charge in [-0.15, -0.1) is 0 Å². The fourth-order valence-electron chi connectivity index (χ4n) is 13.7. The van der Waals surface area contributed by atoms with Crippen LogP contribution in [-0.4, -0.2) is 196 Å².